The van der Waals surface area contributed by atoms with Gasteiger partial charge in [-0.05, 0) is 43.7 Å². The highest BCUT2D eigenvalue weighted by Gasteiger charge is 2.26. The second-order valence-corrected chi connectivity index (χ2v) is 6.06. The molecular formula is C17H12ClN6O2-. The zero-order valence-electron chi connectivity index (χ0n) is 13.8. The maximum atomic E-state index is 12.5. The molecular weight excluding hydrogens is 356 g/mol. The van der Waals surface area contributed by atoms with Gasteiger partial charge in [0.25, 0.3) is 0 Å². The van der Waals surface area contributed by atoms with Crippen LogP contribution in [0.5, 0.6) is 0 Å². The molecule has 0 fully saturated rings. The predicted molar refractivity (Wildman–Crippen MR) is 95.6 cm³/mol. The molecule has 1 aromatic carbocycles. The molecule has 0 aliphatic carbocycles. The van der Waals surface area contributed by atoms with Gasteiger partial charge in [0.15, 0.2) is 0 Å². The molecule has 4 rings (SSSR count). The van der Waals surface area contributed by atoms with Gasteiger partial charge in [0.05, 0.1) is 11.3 Å². The number of carbonyl (C=O) groups excluding carboxylic acids is 1. The normalized spacial score (nSPS) is 15.8. The van der Waals surface area contributed by atoms with E-state index in [1.807, 2.05) is 31.2 Å². The number of hydrogen-bond donors (Lipinski definition) is 0. The van der Waals surface area contributed by atoms with Crippen molar-refractivity contribution in [2.24, 2.45) is 5.10 Å². The molecule has 26 heavy (non-hydrogen) atoms. The molecule has 1 amide bonds. The summed E-state index contributed by atoms with van der Waals surface area (Å²) in [5.41, 5.74) is 2.74. The highest BCUT2D eigenvalue weighted by atomic mass is 35.5. The van der Waals surface area contributed by atoms with Crippen LogP contribution in [0.15, 0.2) is 45.4 Å². The van der Waals surface area contributed by atoms with Crippen molar-refractivity contribution in [3.63, 3.8) is 0 Å². The lowest BCUT2D eigenvalue weighted by molar-refractivity contribution is -0.114. The number of rotatable bonds is 3. The number of halogens is 1. The molecule has 130 valence electrons. The lowest BCUT2D eigenvalue weighted by Crippen LogP contribution is -2.22. The van der Waals surface area contributed by atoms with Gasteiger partial charge in [0, 0.05) is 10.6 Å². The Labute approximate surface area is 153 Å². The van der Waals surface area contributed by atoms with Gasteiger partial charge in [-0.15, -0.1) is 5.21 Å². The molecule has 2 aromatic heterocycles. The summed E-state index contributed by atoms with van der Waals surface area (Å²) >= 11 is 6.17. The third-order valence-corrected chi connectivity index (χ3v) is 4.42. The minimum absolute atomic E-state index is 0.0347. The van der Waals surface area contributed by atoms with Crippen LogP contribution in [-0.4, -0.2) is 27.1 Å². The fourth-order valence-electron chi connectivity index (χ4n) is 2.64. The molecule has 9 heteroatoms. The quantitative estimate of drug-likeness (QED) is 0.660. The van der Waals surface area contributed by atoms with E-state index in [0.717, 1.165) is 16.1 Å². The van der Waals surface area contributed by atoms with E-state index in [-0.39, 0.29) is 11.9 Å². The summed E-state index contributed by atoms with van der Waals surface area (Å²) < 4.78 is 5.87. The van der Waals surface area contributed by atoms with Crippen LogP contribution in [0.1, 0.15) is 18.2 Å². The Morgan fingerprint density at radius 3 is 2.85 bits per heavy atom. The first-order valence-electron chi connectivity index (χ1n) is 7.70. The average Bonchev–Trinajstić information content (AvgIpc) is 3.35. The van der Waals surface area contributed by atoms with E-state index in [9.17, 15) is 4.79 Å². The molecule has 1 aliphatic rings. The molecule has 1 aliphatic heterocycles. The molecule has 0 saturated heterocycles. The number of nitrogens with zero attached hydrogens (tertiary/aromatic N) is 6. The lowest BCUT2D eigenvalue weighted by atomic mass is 10.1. The van der Waals surface area contributed by atoms with Crippen LogP contribution in [0.25, 0.3) is 17.4 Å². The Bertz CT molecular complexity index is 1050. The highest BCUT2D eigenvalue weighted by Crippen LogP contribution is 2.31. The number of carbonyl (C=O) groups is 1. The number of hydrazone groups is 1. The summed E-state index contributed by atoms with van der Waals surface area (Å²) in [5, 5.41) is 19.9. The molecule has 0 spiro atoms. The predicted octanol–water partition coefficient (Wildman–Crippen LogP) is 2.86. The minimum Gasteiger partial charge on any atom is -0.457 e. The third kappa shape index (κ3) is 2.70. The largest absolute Gasteiger partial charge is 0.457 e. The van der Waals surface area contributed by atoms with Gasteiger partial charge < -0.3 is 4.42 Å². The number of benzene rings is 1. The van der Waals surface area contributed by atoms with Crippen molar-refractivity contribution in [3.05, 3.63) is 52.3 Å². The Morgan fingerprint density at radius 2 is 2.08 bits per heavy atom. The second-order valence-electron chi connectivity index (χ2n) is 5.65. The molecule has 0 atom stereocenters. The molecule has 8 nitrogen and oxygen atoms in total. The van der Waals surface area contributed by atoms with Crippen molar-refractivity contribution >= 4 is 35.2 Å². The zero-order chi connectivity index (χ0) is 18.3. The minimum atomic E-state index is -0.366. The van der Waals surface area contributed by atoms with Crippen LogP contribution < -0.4 is 10.1 Å². The molecule has 0 N–H and O–H groups in total. The molecule has 0 unspecified atom stereocenters. The van der Waals surface area contributed by atoms with Gasteiger partial charge in [0.2, 0.25) is 5.91 Å². The summed E-state index contributed by atoms with van der Waals surface area (Å²) in [6.07, 6.45) is 1.63. The van der Waals surface area contributed by atoms with Gasteiger partial charge in [-0.1, -0.05) is 23.7 Å². The maximum Gasteiger partial charge on any atom is 0.239 e. The first kappa shape index (κ1) is 16.2. The van der Waals surface area contributed by atoms with E-state index < -0.39 is 0 Å². The van der Waals surface area contributed by atoms with Crippen molar-refractivity contribution in [3.8, 4) is 11.3 Å². The van der Waals surface area contributed by atoms with Crippen LogP contribution in [0.4, 0.5) is 5.95 Å². The fourth-order valence-corrected chi connectivity index (χ4v) is 2.81. The Kier molecular flexibility index (Phi) is 3.89. The van der Waals surface area contributed by atoms with Gasteiger partial charge >= 0.3 is 0 Å². The van der Waals surface area contributed by atoms with Crippen LogP contribution in [0, 0.1) is 6.92 Å². The van der Waals surface area contributed by atoms with E-state index in [4.69, 9.17) is 16.0 Å². The van der Waals surface area contributed by atoms with Crippen molar-refractivity contribution in [1.29, 1.82) is 0 Å². The highest BCUT2D eigenvalue weighted by molar-refractivity contribution is 6.32. The Morgan fingerprint density at radius 1 is 1.23 bits per heavy atom. The van der Waals surface area contributed by atoms with Crippen LogP contribution in [0.3, 0.4) is 0 Å². The number of hydrogen-bond acceptors (Lipinski definition) is 6. The number of furan rings is 1. The van der Waals surface area contributed by atoms with Crippen LogP contribution in [-0.2, 0) is 4.79 Å². The van der Waals surface area contributed by atoms with E-state index >= 15 is 0 Å². The van der Waals surface area contributed by atoms with Crippen molar-refractivity contribution in [1.82, 2.24) is 20.6 Å². The zero-order valence-corrected chi connectivity index (χ0v) is 14.6. The van der Waals surface area contributed by atoms with E-state index in [0.29, 0.717) is 27.8 Å². The summed E-state index contributed by atoms with van der Waals surface area (Å²) in [4.78, 5) is 12.5. The third-order valence-electron chi connectivity index (χ3n) is 4.01. The van der Waals surface area contributed by atoms with Gasteiger partial charge in [-0.25, -0.2) is 15.2 Å². The van der Waals surface area contributed by atoms with E-state index in [2.05, 4.69) is 25.7 Å². The van der Waals surface area contributed by atoms with E-state index in [1.54, 1.807) is 19.1 Å². The number of anilines is 1. The molecule has 3 heterocycles. The fraction of sp³-hybridized carbons (Fsp3) is 0.118. The molecule has 0 saturated carbocycles. The number of tetrazole rings is 1. The van der Waals surface area contributed by atoms with Crippen molar-refractivity contribution in [2.45, 2.75) is 13.8 Å². The van der Waals surface area contributed by atoms with Gasteiger partial charge in [-0.3, -0.25) is 9.89 Å². The summed E-state index contributed by atoms with van der Waals surface area (Å²) in [6, 6.07) is 9.24. The molecule has 0 bridgehead atoms. The topological polar surface area (TPSA) is 98.6 Å². The summed E-state index contributed by atoms with van der Waals surface area (Å²) in [6.45, 7) is 3.65. The van der Waals surface area contributed by atoms with E-state index in [1.165, 1.54) is 0 Å². The summed E-state index contributed by atoms with van der Waals surface area (Å²) in [7, 11) is 0. The van der Waals surface area contributed by atoms with Crippen LogP contribution in [0.2, 0.25) is 5.02 Å². The van der Waals surface area contributed by atoms with Crippen molar-refractivity contribution < 1.29 is 9.21 Å². The maximum absolute atomic E-state index is 12.5. The smallest absolute Gasteiger partial charge is 0.239 e. The first-order valence-corrected chi connectivity index (χ1v) is 8.08. The van der Waals surface area contributed by atoms with Gasteiger partial charge in [0.1, 0.15) is 17.5 Å². The van der Waals surface area contributed by atoms with Crippen molar-refractivity contribution in [2.75, 3.05) is 5.01 Å². The lowest BCUT2D eigenvalue weighted by Gasteiger charge is -2.12. The molecule has 0 radical (unpaired) electrons. The van der Waals surface area contributed by atoms with Gasteiger partial charge in [-0.2, -0.15) is 5.21 Å². The monoisotopic (exact) mass is 367 g/mol. The van der Waals surface area contributed by atoms with Crippen LogP contribution >= 0.6 is 11.6 Å². The Hall–Kier alpha value is -3.26. The summed E-state index contributed by atoms with van der Waals surface area (Å²) in [5.74, 6) is 0.863. The molecule has 3 aromatic rings. The first-order chi connectivity index (χ1) is 12.5. The average molecular weight is 368 g/mol. The standard InChI is InChI=1S/C17H12ClN6O2/c1-9-12(4-3-5-14(9)18)15-7-6-11(26-15)8-13-10(2)21-24(16(13)25)17-19-22-23-20-17/h3-8H,1-2H3/q-1/b13-8-. The second kappa shape index (κ2) is 6.23. The number of amides is 1. The Balaban J connectivity index is 1.66. The SMILES string of the molecule is CC1=NN(c2nnn[n-]2)C(=O)/C1=C\c1ccc(-c2cccc(Cl)c2C)o1. The number of aromatic nitrogens is 4.